The molecule has 2 heterocycles. The second-order valence-corrected chi connectivity index (χ2v) is 7.79. The van der Waals surface area contributed by atoms with Gasteiger partial charge in [0.2, 0.25) is 0 Å². The summed E-state index contributed by atoms with van der Waals surface area (Å²) in [5, 5.41) is 10.2. The highest BCUT2D eigenvalue weighted by molar-refractivity contribution is 6.20. The van der Waals surface area contributed by atoms with Crippen LogP contribution in [0.4, 0.5) is 4.39 Å². The van der Waals surface area contributed by atoms with Crippen molar-refractivity contribution in [2.75, 3.05) is 20.3 Å². The largest absolute Gasteiger partial charge is 0.497 e. The Balaban J connectivity index is 1.96. The predicted octanol–water partition coefficient (Wildman–Crippen LogP) is 2.64. The number of hydrogen-bond acceptors (Lipinski definition) is 8. The molecule has 0 saturated carbocycles. The molecule has 9 heteroatoms. The molecule has 2 aliphatic heterocycles. The number of halogens is 1. The first-order chi connectivity index (χ1) is 16.9. The molecule has 35 heavy (non-hydrogen) atoms. The number of methoxy groups -OCH3 is 1. The van der Waals surface area contributed by atoms with Crippen LogP contribution in [0.5, 0.6) is 5.75 Å². The number of ketones is 1. The Kier molecular flexibility index (Phi) is 6.75. The Labute approximate surface area is 201 Å². The lowest BCUT2D eigenvalue weighted by Gasteiger charge is -2.32. The first-order valence-electron chi connectivity index (χ1n) is 11.0. The minimum Gasteiger partial charge on any atom is -0.497 e. The number of carbonyl (C=O) groups excluding carboxylic acids is 2. The number of benzene rings is 2. The Bertz CT molecular complexity index is 1320. The van der Waals surface area contributed by atoms with Crippen LogP contribution in [0.2, 0.25) is 0 Å². The molecule has 1 atom stereocenters. The topological polar surface area (TPSA) is 118 Å². The molecule has 0 aliphatic carbocycles. The molecule has 0 aromatic heterocycles. The third kappa shape index (κ3) is 4.20. The van der Waals surface area contributed by atoms with Crippen LogP contribution >= 0.6 is 0 Å². The lowest BCUT2D eigenvalue weighted by molar-refractivity contribution is -0.150. The van der Waals surface area contributed by atoms with Crippen LogP contribution in [0.15, 0.2) is 76.2 Å². The molecule has 1 unspecified atom stereocenters. The first kappa shape index (κ1) is 23.9. The van der Waals surface area contributed by atoms with Crippen molar-refractivity contribution in [2.24, 2.45) is 10.7 Å². The number of nitriles is 1. The average molecular weight is 474 g/mol. The Morgan fingerprint density at radius 1 is 1.23 bits per heavy atom. The Hall–Kier alpha value is -4.29. The van der Waals surface area contributed by atoms with Gasteiger partial charge in [0.15, 0.2) is 11.8 Å². The third-order valence-electron chi connectivity index (χ3n) is 5.84. The fourth-order valence-corrected chi connectivity index (χ4v) is 4.18. The molecule has 8 nitrogen and oxygen atoms in total. The SMILES string of the molecule is CCOC(=O)C1C(=O)C(CN)=C2N=C(c3ccc(OC)cc3)C(C#N)=C(Cc3ccccc3F)N21. The van der Waals surface area contributed by atoms with Crippen LogP contribution in [-0.4, -0.2) is 48.7 Å². The lowest BCUT2D eigenvalue weighted by atomic mass is 9.95. The fourth-order valence-electron chi connectivity index (χ4n) is 4.18. The van der Waals surface area contributed by atoms with Crippen molar-refractivity contribution in [3.63, 3.8) is 0 Å². The minimum absolute atomic E-state index is 0.0571. The molecule has 0 bridgehead atoms. The quantitative estimate of drug-likeness (QED) is 0.484. The summed E-state index contributed by atoms with van der Waals surface area (Å²) in [5.74, 6) is -1.05. The number of nitrogens with two attached hydrogens (primary N) is 1. The third-order valence-corrected chi connectivity index (χ3v) is 5.84. The smallest absolute Gasteiger partial charge is 0.337 e. The number of nitrogens with zero attached hydrogens (tertiary/aromatic N) is 3. The maximum absolute atomic E-state index is 14.7. The number of hydrogen-bond donors (Lipinski definition) is 1. The second-order valence-electron chi connectivity index (χ2n) is 7.79. The van der Waals surface area contributed by atoms with Gasteiger partial charge in [-0.25, -0.2) is 14.2 Å². The van der Waals surface area contributed by atoms with Gasteiger partial charge in [-0.3, -0.25) is 4.79 Å². The van der Waals surface area contributed by atoms with E-state index in [-0.39, 0.29) is 47.9 Å². The van der Waals surface area contributed by atoms with Crippen LogP contribution < -0.4 is 10.5 Å². The van der Waals surface area contributed by atoms with Gasteiger partial charge in [0.25, 0.3) is 0 Å². The number of esters is 1. The molecule has 2 aliphatic rings. The summed E-state index contributed by atoms with van der Waals surface area (Å²) in [5.41, 5.74) is 7.58. The molecule has 178 valence electrons. The van der Waals surface area contributed by atoms with Gasteiger partial charge in [0.1, 0.15) is 23.5 Å². The summed E-state index contributed by atoms with van der Waals surface area (Å²) in [6.07, 6.45) is -0.0602. The molecule has 0 spiro atoms. The average Bonchev–Trinajstić information content (AvgIpc) is 3.16. The summed E-state index contributed by atoms with van der Waals surface area (Å²) in [7, 11) is 1.54. The predicted molar refractivity (Wildman–Crippen MR) is 126 cm³/mol. The number of carbonyl (C=O) groups is 2. The number of rotatable bonds is 7. The number of ether oxygens (including phenoxy) is 2. The molecule has 0 fully saturated rings. The second kappa shape index (κ2) is 9.91. The van der Waals surface area contributed by atoms with Crippen LogP contribution in [-0.2, 0) is 20.7 Å². The molecule has 2 aromatic carbocycles. The van der Waals surface area contributed by atoms with E-state index in [9.17, 15) is 19.2 Å². The van der Waals surface area contributed by atoms with E-state index in [0.29, 0.717) is 16.9 Å². The van der Waals surface area contributed by atoms with Crippen molar-refractivity contribution in [3.8, 4) is 11.8 Å². The molecular weight excluding hydrogens is 451 g/mol. The van der Waals surface area contributed by atoms with Gasteiger partial charge in [-0.15, -0.1) is 0 Å². The van der Waals surface area contributed by atoms with Crippen molar-refractivity contribution >= 4 is 17.5 Å². The number of fused-ring (bicyclic) bond motifs is 1. The maximum atomic E-state index is 14.7. The van der Waals surface area contributed by atoms with E-state index < -0.39 is 23.6 Å². The molecular formula is C26H23FN4O4. The van der Waals surface area contributed by atoms with Gasteiger partial charge in [-0.05, 0) is 42.8 Å². The zero-order chi connectivity index (χ0) is 25.1. The lowest BCUT2D eigenvalue weighted by Crippen LogP contribution is -2.44. The van der Waals surface area contributed by atoms with E-state index in [2.05, 4.69) is 11.1 Å². The summed E-state index contributed by atoms with van der Waals surface area (Å²) in [6.45, 7) is 1.51. The normalized spacial score (nSPS) is 17.2. The van der Waals surface area contributed by atoms with Gasteiger partial charge >= 0.3 is 5.97 Å². The first-order valence-corrected chi connectivity index (χ1v) is 11.0. The van der Waals surface area contributed by atoms with Crippen LogP contribution in [0.25, 0.3) is 0 Å². The number of aliphatic imine (C=N–C) groups is 1. The van der Waals surface area contributed by atoms with Gasteiger partial charge in [0.05, 0.1) is 30.6 Å². The highest BCUT2D eigenvalue weighted by Crippen LogP contribution is 2.39. The molecule has 4 rings (SSSR count). The van der Waals surface area contributed by atoms with Crippen LogP contribution in [0, 0.1) is 17.1 Å². The van der Waals surface area contributed by atoms with Crippen molar-refractivity contribution in [1.29, 1.82) is 5.26 Å². The molecule has 0 radical (unpaired) electrons. The Morgan fingerprint density at radius 2 is 1.94 bits per heavy atom. The zero-order valence-electron chi connectivity index (χ0n) is 19.2. The van der Waals surface area contributed by atoms with E-state index in [0.717, 1.165) is 0 Å². The molecule has 2 N–H and O–H groups in total. The van der Waals surface area contributed by atoms with E-state index >= 15 is 0 Å². The summed E-state index contributed by atoms with van der Waals surface area (Å²) < 4.78 is 25.0. The van der Waals surface area contributed by atoms with Crippen molar-refractivity contribution in [2.45, 2.75) is 19.4 Å². The van der Waals surface area contributed by atoms with E-state index in [4.69, 9.17) is 15.2 Å². The highest BCUT2D eigenvalue weighted by atomic mass is 19.1. The summed E-state index contributed by atoms with van der Waals surface area (Å²) in [4.78, 5) is 32.1. The monoisotopic (exact) mass is 474 g/mol. The van der Waals surface area contributed by atoms with Gasteiger partial charge in [-0.1, -0.05) is 18.2 Å². The number of allylic oxidation sites excluding steroid dienone is 2. The van der Waals surface area contributed by atoms with Gasteiger partial charge in [0, 0.05) is 24.2 Å². The van der Waals surface area contributed by atoms with Gasteiger partial charge in [-0.2, -0.15) is 5.26 Å². The van der Waals surface area contributed by atoms with Crippen molar-refractivity contribution in [3.05, 3.63) is 88.1 Å². The van der Waals surface area contributed by atoms with E-state index in [1.165, 1.54) is 18.1 Å². The Morgan fingerprint density at radius 3 is 2.54 bits per heavy atom. The highest BCUT2D eigenvalue weighted by Gasteiger charge is 2.48. The standard InChI is InChI=1S/C26H23FN4O4/c1-3-35-26(33)23-24(32)19(14-29)25-30-22(15-8-10-17(34-2)11-9-15)18(13-28)21(31(23)25)12-16-6-4-5-7-20(16)27/h4-11,23H,3,12,14,29H2,1-2H3. The maximum Gasteiger partial charge on any atom is 0.337 e. The molecule has 0 saturated heterocycles. The van der Waals surface area contributed by atoms with Crippen molar-refractivity contribution < 1.29 is 23.5 Å². The number of Topliss-reactive ketones (excluding diaryl/α,β-unsaturated/α-hetero) is 1. The van der Waals surface area contributed by atoms with E-state index in [1.807, 2.05) is 0 Å². The summed E-state index contributed by atoms with van der Waals surface area (Å²) in [6, 6.07) is 13.8. The van der Waals surface area contributed by atoms with Gasteiger partial charge < -0.3 is 20.1 Å². The van der Waals surface area contributed by atoms with Crippen LogP contribution in [0.3, 0.4) is 0 Å². The zero-order valence-corrected chi connectivity index (χ0v) is 19.2. The molecule has 0 amide bonds. The van der Waals surface area contributed by atoms with E-state index in [1.54, 1.807) is 49.4 Å². The minimum atomic E-state index is -1.39. The fraction of sp³-hybridized carbons (Fsp3) is 0.231. The molecule has 2 aromatic rings. The van der Waals surface area contributed by atoms with Crippen LogP contribution in [0.1, 0.15) is 18.1 Å². The van der Waals surface area contributed by atoms with Crippen molar-refractivity contribution in [1.82, 2.24) is 4.90 Å². The summed E-state index contributed by atoms with van der Waals surface area (Å²) >= 11 is 0.